The zero-order chi connectivity index (χ0) is 27.1. The highest BCUT2D eigenvalue weighted by molar-refractivity contribution is 6.46. The van der Waals surface area contributed by atoms with Gasteiger partial charge < -0.3 is 24.2 Å². The van der Waals surface area contributed by atoms with Gasteiger partial charge in [-0.25, -0.2) is 0 Å². The highest BCUT2D eigenvalue weighted by Crippen LogP contribution is 2.40. The summed E-state index contributed by atoms with van der Waals surface area (Å²) >= 11 is 0. The van der Waals surface area contributed by atoms with Crippen LogP contribution in [-0.4, -0.2) is 48.6 Å². The van der Waals surface area contributed by atoms with Gasteiger partial charge in [0.1, 0.15) is 23.9 Å². The molecule has 1 atom stereocenters. The summed E-state index contributed by atoms with van der Waals surface area (Å²) < 4.78 is 16.6. The van der Waals surface area contributed by atoms with Gasteiger partial charge in [0, 0.05) is 25.8 Å². The number of ether oxygens (including phenoxy) is 3. The molecule has 1 saturated heterocycles. The van der Waals surface area contributed by atoms with Crippen LogP contribution >= 0.6 is 0 Å². The third kappa shape index (κ3) is 5.89. The SMILES string of the molecule is CCOc1ccc([C@H]2/C(=C(\O)c3ccc(OCc4ccccc4)cc3C)C(=O)C(=O)N2CCCOC)cc1. The van der Waals surface area contributed by atoms with Crippen molar-refractivity contribution in [2.24, 2.45) is 0 Å². The van der Waals surface area contributed by atoms with E-state index in [1.807, 2.05) is 62.4 Å². The molecule has 1 heterocycles. The maximum atomic E-state index is 13.3. The van der Waals surface area contributed by atoms with E-state index in [0.717, 1.165) is 11.1 Å². The lowest BCUT2D eigenvalue weighted by molar-refractivity contribution is -0.140. The molecule has 3 aromatic rings. The van der Waals surface area contributed by atoms with Crippen LogP contribution in [0, 0.1) is 6.92 Å². The minimum absolute atomic E-state index is 0.0673. The van der Waals surface area contributed by atoms with E-state index < -0.39 is 17.7 Å². The van der Waals surface area contributed by atoms with Gasteiger partial charge in [-0.1, -0.05) is 42.5 Å². The number of likely N-dealkylation sites (tertiary alicyclic amines) is 1. The maximum absolute atomic E-state index is 13.3. The molecule has 0 saturated carbocycles. The Hall–Kier alpha value is -4.10. The number of rotatable bonds is 11. The van der Waals surface area contributed by atoms with Crippen LogP contribution in [0.4, 0.5) is 0 Å². The summed E-state index contributed by atoms with van der Waals surface area (Å²) in [5.74, 6) is -0.214. The van der Waals surface area contributed by atoms with Crippen molar-refractivity contribution in [2.45, 2.75) is 32.9 Å². The molecule has 1 N–H and O–H groups in total. The van der Waals surface area contributed by atoms with Crippen LogP contribution in [0.2, 0.25) is 0 Å². The first-order valence-corrected chi connectivity index (χ1v) is 12.7. The van der Waals surface area contributed by atoms with Gasteiger partial charge in [-0.2, -0.15) is 0 Å². The number of carbonyl (C=O) groups excluding carboxylic acids is 2. The first kappa shape index (κ1) is 26.9. The van der Waals surface area contributed by atoms with Gasteiger partial charge in [-0.15, -0.1) is 0 Å². The largest absolute Gasteiger partial charge is 0.507 e. The quantitative estimate of drug-likeness (QED) is 0.159. The average molecular weight is 516 g/mol. The monoisotopic (exact) mass is 515 g/mol. The molecule has 1 aliphatic rings. The molecule has 0 unspecified atom stereocenters. The molecule has 4 rings (SSSR count). The van der Waals surface area contributed by atoms with Crippen LogP contribution in [0.15, 0.2) is 78.4 Å². The van der Waals surface area contributed by atoms with Crippen molar-refractivity contribution in [2.75, 3.05) is 26.9 Å². The third-order valence-corrected chi connectivity index (χ3v) is 6.50. The standard InChI is InChI=1S/C31H33NO6/c1-4-37-24-13-11-23(12-14-24)28-27(30(34)31(35)32(28)17-8-18-36-3)29(33)26-16-15-25(19-21(26)2)38-20-22-9-6-5-7-10-22/h5-7,9-16,19,28,33H,4,8,17-18,20H2,1-3H3/b29-27+/t28-/m0/s1. The smallest absolute Gasteiger partial charge is 0.295 e. The molecule has 7 nitrogen and oxygen atoms in total. The van der Waals surface area contributed by atoms with Crippen LogP contribution in [-0.2, 0) is 20.9 Å². The number of hydrogen-bond donors (Lipinski definition) is 1. The summed E-state index contributed by atoms with van der Waals surface area (Å²) in [6.07, 6.45) is 0.559. The van der Waals surface area contributed by atoms with Crippen LogP contribution in [0.3, 0.4) is 0 Å². The van der Waals surface area contributed by atoms with Gasteiger partial charge >= 0.3 is 0 Å². The van der Waals surface area contributed by atoms with E-state index in [2.05, 4.69) is 0 Å². The first-order chi connectivity index (χ1) is 18.4. The third-order valence-electron chi connectivity index (χ3n) is 6.50. The Balaban J connectivity index is 1.68. The van der Waals surface area contributed by atoms with Crippen molar-refractivity contribution in [3.05, 3.63) is 101 Å². The Morgan fingerprint density at radius 2 is 1.66 bits per heavy atom. The van der Waals surface area contributed by atoms with Gasteiger partial charge in [0.05, 0.1) is 18.2 Å². The molecular formula is C31H33NO6. The lowest BCUT2D eigenvalue weighted by atomic mass is 9.93. The van der Waals surface area contributed by atoms with Gasteiger partial charge in [-0.05, 0) is 67.3 Å². The fourth-order valence-corrected chi connectivity index (χ4v) is 4.63. The second kappa shape index (κ2) is 12.4. The van der Waals surface area contributed by atoms with Crippen molar-refractivity contribution in [1.29, 1.82) is 0 Å². The number of hydrogen-bond acceptors (Lipinski definition) is 6. The number of benzene rings is 3. The second-order valence-electron chi connectivity index (χ2n) is 9.09. The molecule has 0 aromatic heterocycles. The second-order valence-corrected chi connectivity index (χ2v) is 9.09. The molecule has 1 aliphatic heterocycles. The summed E-state index contributed by atoms with van der Waals surface area (Å²) in [6, 6.07) is 21.7. The fraction of sp³-hybridized carbons (Fsp3) is 0.290. The summed E-state index contributed by atoms with van der Waals surface area (Å²) in [6.45, 7) is 5.44. The number of carbonyl (C=O) groups is 2. The van der Waals surface area contributed by atoms with Gasteiger partial charge in [0.15, 0.2) is 0 Å². The maximum Gasteiger partial charge on any atom is 0.295 e. The van der Waals surface area contributed by atoms with Crippen molar-refractivity contribution in [3.8, 4) is 11.5 Å². The molecule has 0 aliphatic carbocycles. The fourth-order valence-electron chi connectivity index (χ4n) is 4.63. The highest BCUT2D eigenvalue weighted by Gasteiger charge is 2.45. The Bertz CT molecular complexity index is 1300. The van der Waals surface area contributed by atoms with Crippen LogP contribution in [0.25, 0.3) is 5.76 Å². The van der Waals surface area contributed by atoms with Gasteiger partial charge in [0.2, 0.25) is 0 Å². The Morgan fingerprint density at radius 3 is 2.32 bits per heavy atom. The molecular weight excluding hydrogens is 482 g/mol. The van der Waals surface area contributed by atoms with Gasteiger partial charge in [0.25, 0.3) is 11.7 Å². The zero-order valence-electron chi connectivity index (χ0n) is 22.0. The summed E-state index contributed by atoms with van der Waals surface area (Å²) in [5.41, 5.74) is 3.03. The Labute approximate surface area is 223 Å². The van der Waals surface area contributed by atoms with Crippen molar-refractivity contribution in [1.82, 2.24) is 4.90 Å². The molecule has 3 aromatic carbocycles. The molecule has 0 bridgehead atoms. The Kier molecular flexibility index (Phi) is 8.81. The molecule has 0 radical (unpaired) electrons. The van der Waals surface area contributed by atoms with E-state index in [1.165, 1.54) is 4.90 Å². The molecule has 7 heteroatoms. The van der Waals surface area contributed by atoms with E-state index in [4.69, 9.17) is 14.2 Å². The van der Waals surface area contributed by atoms with Crippen LogP contribution in [0.5, 0.6) is 11.5 Å². The van der Waals surface area contributed by atoms with E-state index in [0.29, 0.717) is 55.4 Å². The number of methoxy groups -OCH3 is 1. The number of aryl methyl sites for hydroxylation is 1. The van der Waals surface area contributed by atoms with E-state index in [-0.39, 0.29) is 11.3 Å². The van der Waals surface area contributed by atoms with Crippen molar-refractivity contribution in [3.63, 3.8) is 0 Å². The topological polar surface area (TPSA) is 85.3 Å². The zero-order valence-corrected chi connectivity index (χ0v) is 22.0. The van der Waals surface area contributed by atoms with Crippen molar-refractivity contribution < 1.29 is 28.9 Å². The van der Waals surface area contributed by atoms with Crippen LogP contribution in [0.1, 0.15) is 41.6 Å². The minimum Gasteiger partial charge on any atom is -0.507 e. The molecule has 0 spiro atoms. The lowest BCUT2D eigenvalue weighted by Gasteiger charge is -2.25. The predicted molar refractivity (Wildman–Crippen MR) is 145 cm³/mol. The molecule has 198 valence electrons. The van der Waals surface area contributed by atoms with E-state index in [9.17, 15) is 14.7 Å². The number of aliphatic hydroxyl groups excluding tert-OH is 1. The minimum atomic E-state index is -0.726. The first-order valence-electron chi connectivity index (χ1n) is 12.7. The Morgan fingerprint density at radius 1 is 0.947 bits per heavy atom. The molecule has 1 fully saturated rings. The number of ketones is 1. The lowest BCUT2D eigenvalue weighted by Crippen LogP contribution is -2.31. The normalized spacial score (nSPS) is 16.6. The van der Waals surface area contributed by atoms with Crippen LogP contribution < -0.4 is 9.47 Å². The number of nitrogens with zero attached hydrogens (tertiary/aromatic N) is 1. The number of aliphatic hydroxyl groups is 1. The van der Waals surface area contributed by atoms with E-state index in [1.54, 1.807) is 31.4 Å². The molecule has 38 heavy (non-hydrogen) atoms. The number of Topliss-reactive ketones (excluding diaryl/α,β-unsaturated/α-hetero) is 1. The average Bonchev–Trinajstić information content (AvgIpc) is 3.18. The summed E-state index contributed by atoms with van der Waals surface area (Å²) in [7, 11) is 1.59. The summed E-state index contributed by atoms with van der Waals surface area (Å²) in [4.78, 5) is 27.9. The predicted octanol–water partition coefficient (Wildman–Crippen LogP) is 5.43. The highest BCUT2D eigenvalue weighted by atomic mass is 16.5. The summed E-state index contributed by atoms with van der Waals surface area (Å²) in [5, 5.41) is 11.4. The number of amides is 1. The van der Waals surface area contributed by atoms with E-state index >= 15 is 0 Å². The van der Waals surface area contributed by atoms with Crippen molar-refractivity contribution >= 4 is 17.4 Å². The molecule has 1 amide bonds. The van der Waals surface area contributed by atoms with Gasteiger partial charge in [-0.3, -0.25) is 9.59 Å².